The SMILES string of the molecule is Cc1ccc2c(ccc3cc4ccccc4cc32)c1.Cc1ccc2c(ccc3ccccc32)c1.Cc1ccc2ccc3cc4ccccc4cc3c2c1.Cc1ccc2ccc3ccccc3c2c1.Cc1cccc2c1ccc1cc3ccccc3cc12.Cc1cccc2c1ccc1ccccc12.Cc1cccc2ccc3ccccc3c12. The minimum atomic E-state index is 1.31. The summed E-state index contributed by atoms with van der Waals surface area (Å²) < 4.78 is 0. The summed E-state index contributed by atoms with van der Waals surface area (Å²) in [5, 5.41) is 45.3. The van der Waals surface area contributed by atoms with E-state index < -0.39 is 0 Å². The van der Waals surface area contributed by atoms with Crippen molar-refractivity contribution in [2.45, 2.75) is 48.5 Å². The molecule has 0 spiro atoms. The Morgan fingerprint density at radius 1 is 0.103 bits per heavy atom. The summed E-state index contributed by atoms with van der Waals surface area (Å²) in [5.74, 6) is 0. The molecule has 0 aliphatic carbocycles. The second-order valence-corrected chi connectivity index (χ2v) is 31.5. The van der Waals surface area contributed by atoms with Crippen molar-refractivity contribution in [3.8, 4) is 0 Å². The van der Waals surface area contributed by atoms with Gasteiger partial charge in [0.05, 0.1) is 0 Å². The van der Waals surface area contributed by atoms with Crippen LogP contribution in [0.15, 0.2) is 419 Å². The molecular weight excluding hydrogens is 1410 g/mol. The molecular formula is C117H90. The van der Waals surface area contributed by atoms with Crippen molar-refractivity contribution in [1.29, 1.82) is 0 Å². The Morgan fingerprint density at radius 3 is 0.769 bits per heavy atom. The van der Waals surface area contributed by atoms with E-state index in [0.29, 0.717) is 0 Å². The van der Waals surface area contributed by atoms with Gasteiger partial charge < -0.3 is 0 Å². The van der Waals surface area contributed by atoms with E-state index in [-0.39, 0.29) is 0 Å². The number of benzene rings is 24. The van der Waals surface area contributed by atoms with Crippen molar-refractivity contribution in [2.24, 2.45) is 0 Å². The molecule has 0 amide bonds. The average molecular weight is 1500 g/mol. The van der Waals surface area contributed by atoms with Crippen molar-refractivity contribution in [3.63, 3.8) is 0 Å². The van der Waals surface area contributed by atoms with Crippen molar-refractivity contribution < 1.29 is 0 Å². The van der Waals surface area contributed by atoms with Crippen LogP contribution < -0.4 is 0 Å². The van der Waals surface area contributed by atoms with Gasteiger partial charge in [0.25, 0.3) is 0 Å². The third-order valence-electron chi connectivity index (χ3n) is 23.5. The fourth-order valence-corrected chi connectivity index (χ4v) is 17.4. The fourth-order valence-electron chi connectivity index (χ4n) is 17.4. The topological polar surface area (TPSA) is 0 Å². The molecule has 0 aliphatic rings. The molecule has 0 bridgehead atoms. The standard InChI is InChI=1S/3C19H14.4C15H12/c1-13-5-4-8-18-17(13)10-9-16-11-14-6-2-3-7-15(14)12-19(16)18;1-13-6-9-18-16(10-13)7-8-17-11-14-4-2-3-5-15(14)12-19(17)18;1-13-6-7-14-8-9-17-11-15-4-2-3-5-16(15)12-19(17)18(14)10-13;1-11-5-4-7-13-10-9-12-6-2-3-8-14(12)15(11)13;1-11-5-4-8-15-13(11)10-9-12-6-2-3-7-14(12)15;1-11-6-9-15-13(10-11)8-7-12-4-2-3-5-14(12)15;1-11-6-7-13-9-8-12-4-2-3-5-14(12)15(13)10-11/h3*2-12H,1H3;4*2-10H,1H3. The van der Waals surface area contributed by atoms with Crippen LogP contribution in [0.3, 0.4) is 0 Å². The summed E-state index contributed by atoms with van der Waals surface area (Å²) in [6.07, 6.45) is 0. The van der Waals surface area contributed by atoms with Gasteiger partial charge in [-0.15, -0.1) is 0 Å². The van der Waals surface area contributed by atoms with Crippen molar-refractivity contribution in [2.75, 3.05) is 0 Å². The highest BCUT2D eigenvalue weighted by molar-refractivity contribution is 6.17. The molecule has 24 aromatic carbocycles. The first kappa shape index (κ1) is 74.1. The first-order chi connectivity index (χ1) is 57.4. The summed E-state index contributed by atoms with van der Waals surface area (Å²) in [7, 11) is 0. The van der Waals surface area contributed by atoms with E-state index in [1.807, 2.05) is 0 Å². The fraction of sp³-hybridized carbons (Fsp3) is 0.0598. The normalized spacial score (nSPS) is 11.2. The molecule has 0 aromatic heterocycles. The highest BCUT2D eigenvalue weighted by atomic mass is 14.1. The lowest BCUT2D eigenvalue weighted by Gasteiger charge is -2.08. The first-order valence-corrected chi connectivity index (χ1v) is 40.8. The maximum atomic E-state index is 2.31. The van der Waals surface area contributed by atoms with Gasteiger partial charge in [-0.05, 0) is 285 Å². The Labute approximate surface area is 684 Å². The largest absolute Gasteiger partial charge is 0.0616 e. The van der Waals surface area contributed by atoms with Gasteiger partial charge in [-0.25, -0.2) is 0 Å². The number of rotatable bonds is 0. The van der Waals surface area contributed by atoms with Crippen molar-refractivity contribution in [1.82, 2.24) is 0 Å². The van der Waals surface area contributed by atoms with Crippen LogP contribution in [0.4, 0.5) is 0 Å². The molecule has 0 fully saturated rings. The molecule has 0 unspecified atom stereocenters. The van der Waals surface area contributed by atoms with Gasteiger partial charge in [-0.1, -0.05) is 404 Å². The van der Waals surface area contributed by atoms with Crippen LogP contribution in [0, 0.1) is 48.5 Å². The molecule has 0 atom stereocenters. The van der Waals surface area contributed by atoms with Gasteiger partial charge in [0.1, 0.15) is 0 Å². The summed E-state index contributed by atoms with van der Waals surface area (Å²) in [5.41, 5.74) is 9.30. The lowest BCUT2D eigenvalue weighted by atomic mass is 9.96. The van der Waals surface area contributed by atoms with Crippen molar-refractivity contribution in [3.05, 3.63) is 458 Å². The van der Waals surface area contributed by atoms with Gasteiger partial charge >= 0.3 is 0 Å². The van der Waals surface area contributed by atoms with Crippen LogP contribution in [-0.4, -0.2) is 0 Å². The van der Waals surface area contributed by atoms with Crippen LogP contribution in [0.5, 0.6) is 0 Å². The van der Waals surface area contributed by atoms with Gasteiger partial charge in [0.2, 0.25) is 0 Å². The lowest BCUT2D eigenvalue weighted by molar-refractivity contribution is 1.51. The van der Waals surface area contributed by atoms with E-state index in [4.69, 9.17) is 0 Å². The predicted octanol–water partition coefficient (Wildman–Crippen LogP) is 33.6. The van der Waals surface area contributed by atoms with Crippen LogP contribution >= 0.6 is 0 Å². The number of hydrogen-bond donors (Lipinski definition) is 0. The highest BCUT2D eigenvalue weighted by Crippen LogP contribution is 2.37. The van der Waals surface area contributed by atoms with E-state index >= 15 is 0 Å². The smallest absolute Gasteiger partial charge is 0.00761 e. The lowest BCUT2D eigenvalue weighted by Crippen LogP contribution is -1.82. The zero-order valence-corrected chi connectivity index (χ0v) is 67.3. The second kappa shape index (κ2) is 32.7. The molecule has 0 radical (unpaired) electrons. The second-order valence-electron chi connectivity index (χ2n) is 31.5. The maximum absolute atomic E-state index is 2.31. The molecule has 24 rings (SSSR count). The Bertz CT molecular complexity index is 7780. The molecule has 558 valence electrons. The van der Waals surface area contributed by atoms with Gasteiger partial charge in [-0.2, -0.15) is 0 Å². The quantitative estimate of drug-likeness (QED) is 0.105. The molecule has 24 aromatic rings. The van der Waals surface area contributed by atoms with Crippen LogP contribution in [0.2, 0.25) is 0 Å². The average Bonchev–Trinajstić information content (AvgIpc) is 0.863. The molecule has 0 saturated heterocycles. The number of fused-ring (bicyclic) bond motifs is 24. The molecule has 0 N–H and O–H groups in total. The maximum Gasteiger partial charge on any atom is -0.00761 e. The van der Waals surface area contributed by atoms with E-state index in [1.54, 1.807) is 0 Å². The third-order valence-corrected chi connectivity index (χ3v) is 23.5. The van der Waals surface area contributed by atoms with Crippen LogP contribution in [-0.2, 0) is 0 Å². The highest BCUT2D eigenvalue weighted by Gasteiger charge is 2.10. The molecule has 0 heterocycles. The molecule has 0 aliphatic heterocycles. The zero-order valence-electron chi connectivity index (χ0n) is 67.3. The van der Waals surface area contributed by atoms with E-state index in [9.17, 15) is 0 Å². The van der Waals surface area contributed by atoms with E-state index in [2.05, 4.69) is 467 Å². The molecule has 0 saturated carbocycles. The van der Waals surface area contributed by atoms with Gasteiger partial charge in [0, 0.05) is 0 Å². The molecule has 117 heavy (non-hydrogen) atoms. The van der Waals surface area contributed by atoms with E-state index in [1.165, 1.54) is 222 Å². The van der Waals surface area contributed by atoms with Gasteiger partial charge in [0.15, 0.2) is 0 Å². The van der Waals surface area contributed by atoms with E-state index in [0.717, 1.165) is 0 Å². The summed E-state index contributed by atoms with van der Waals surface area (Å²) in [6.45, 7) is 15.1. The first-order valence-electron chi connectivity index (χ1n) is 40.8. The Kier molecular flexibility index (Phi) is 20.7. The Balaban J connectivity index is 0.0000000945. The summed E-state index contributed by atoms with van der Waals surface area (Å²) in [4.78, 5) is 0. The molecule has 0 nitrogen and oxygen atoms in total. The minimum absolute atomic E-state index is 1.31. The monoisotopic (exact) mass is 1490 g/mol. The van der Waals surface area contributed by atoms with Crippen molar-refractivity contribution >= 4 is 183 Å². The van der Waals surface area contributed by atoms with Crippen LogP contribution in [0.25, 0.3) is 183 Å². The molecule has 0 heteroatoms. The number of hydrogen-bond acceptors (Lipinski definition) is 0. The third kappa shape index (κ3) is 15.5. The Morgan fingerprint density at radius 2 is 0.316 bits per heavy atom. The Hall–Kier alpha value is -14.3. The number of aryl methyl sites for hydroxylation is 7. The van der Waals surface area contributed by atoms with Crippen LogP contribution in [0.1, 0.15) is 38.9 Å². The summed E-state index contributed by atoms with van der Waals surface area (Å²) in [6, 6.07) is 151. The summed E-state index contributed by atoms with van der Waals surface area (Å²) >= 11 is 0. The zero-order chi connectivity index (χ0) is 79.5. The van der Waals surface area contributed by atoms with Gasteiger partial charge in [-0.3, -0.25) is 0 Å². The minimum Gasteiger partial charge on any atom is -0.0616 e. The predicted molar refractivity (Wildman–Crippen MR) is 516 cm³/mol.